The van der Waals surface area contributed by atoms with E-state index in [1.54, 1.807) is 4.31 Å². The highest BCUT2D eigenvalue weighted by molar-refractivity contribution is 7.89. The van der Waals surface area contributed by atoms with Crippen LogP contribution in [0.4, 0.5) is 0 Å². The molecule has 2 fully saturated rings. The molecule has 21 heavy (non-hydrogen) atoms. The quantitative estimate of drug-likeness (QED) is 0.757. The van der Waals surface area contributed by atoms with Gasteiger partial charge in [0.05, 0.1) is 5.75 Å². The lowest BCUT2D eigenvalue weighted by molar-refractivity contribution is -0.137. The third-order valence-corrected chi connectivity index (χ3v) is 6.43. The van der Waals surface area contributed by atoms with Crippen LogP contribution in [0, 0.1) is 5.92 Å². The Kier molecular flexibility index (Phi) is 6.01. The van der Waals surface area contributed by atoms with Crippen LogP contribution in [0.5, 0.6) is 0 Å². The minimum atomic E-state index is -3.27. The summed E-state index contributed by atoms with van der Waals surface area (Å²) in [5.41, 5.74) is 0. The van der Waals surface area contributed by atoms with Gasteiger partial charge in [-0.15, -0.1) is 0 Å². The lowest BCUT2D eigenvalue weighted by Crippen LogP contribution is -2.42. The van der Waals surface area contributed by atoms with Crippen LogP contribution in [-0.4, -0.2) is 67.2 Å². The maximum Gasteiger partial charge on any atom is 0.303 e. The summed E-state index contributed by atoms with van der Waals surface area (Å²) in [7, 11) is -3.27. The molecule has 0 atom stereocenters. The van der Waals surface area contributed by atoms with E-state index in [-0.39, 0.29) is 18.6 Å². The van der Waals surface area contributed by atoms with Crippen LogP contribution in [0.2, 0.25) is 0 Å². The van der Waals surface area contributed by atoms with E-state index in [1.165, 1.54) is 25.9 Å². The van der Waals surface area contributed by atoms with Gasteiger partial charge in [-0.05, 0) is 51.1 Å². The molecular formula is C14H26N2O4S. The Hall–Kier alpha value is -0.660. The highest BCUT2D eigenvalue weighted by Gasteiger charge is 2.29. The fourth-order valence-electron chi connectivity index (χ4n) is 3.24. The van der Waals surface area contributed by atoms with Gasteiger partial charge in [0.1, 0.15) is 0 Å². The van der Waals surface area contributed by atoms with Crippen molar-refractivity contribution in [3.05, 3.63) is 0 Å². The monoisotopic (exact) mass is 318 g/mol. The molecule has 2 aliphatic rings. The van der Waals surface area contributed by atoms with Gasteiger partial charge >= 0.3 is 5.97 Å². The molecule has 7 heteroatoms. The van der Waals surface area contributed by atoms with E-state index in [0.29, 0.717) is 19.0 Å². The highest BCUT2D eigenvalue weighted by Crippen LogP contribution is 2.22. The van der Waals surface area contributed by atoms with Crippen molar-refractivity contribution in [2.75, 3.05) is 38.5 Å². The molecule has 0 bridgehead atoms. The summed E-state index contributed by atoms with van der Waals surface area (Å²) in [5.74, 6) is -0.376. The molecule has 2 saturated heterocycles. The van der Waals surface area contributed by atoms with Gasteiger partial charge in [-0.25, -0.2) is 12.7 Å². The predicted octanol–water partition coefficient (Wildman–Crippen LogP) is 0.989. The summed E-state index contributed by atoms with van der Waals surface area (Å²) >= 11 is 0. The van der Waals surface area contributed by atoms with Crippen molar-refractivity contribution in [1.29, 1.82) is 0 Å². The Morgan fingerprint density at radius 3 is 2.29 bits per heavy atom. The Morgan fingerprint density at radius 2 is 1.71 bits per heavy atom. The highest BCUT2D eigenvalue weighted by atomic mass is 32.2. The number of carbonyl (C=O) groups is 1. The number of likely N-dealkylation sites (tertiary alicyclic amines) is 1. The zero-order valence-corrected chi connectivity index (χ0v) is 13.4. The molecule has 0 spiro atoms. The number of sulfonamides is 1. The fraction of sp³-hybridized carbons (Fsp3) is 0.929. The molecule has 0 amide bonds. The van der Waals surface area contributed by atoms with Crippen molar-refractivity contribution in [1.82, 2.24) is 9.21 Å². The zero-order valence-electron chi connectivity index (χ0n) is 12.5. The van der Waals surface area contributed by atoms with Crippen molar-refractivity contribution in [3.63, 3.8) is 0 Å². The molecule has 1 N–H and O–H groups in total. The summed E-state index contributed by atoms with van der Waals surface area (Å²) in [4.78, 5) is 12.9. The van der Waals surface area contributed by atoms with E-state index in [2.05, 4.69) is 4.90 Å². The van der Waals surface area contributed by atoms with Gasteiger partial charge in [0, 0.05) is 26.1 Å². The summed E-state index contributed by atoms with van der Waals surface area (Å²) in [6.07, 6.45) is 4.55. The van der Waals surface area contributed by atoms with Gasteiger partial charge in [-0.2, -0.15) is 0 Å². The number of carboxylic acids is 1. The van der Waals surface area contributed by atoms with Gasteiger partial charge in [0.15, 0.2) is 0 Å². The zero-order chi connectivity index (χ0) is 15.3. The smallest absolute Gasteiger partial charge is 0.303 e. The van der Waals surface area contributed by atoms with Crippen LogP contribution in [-0.2, 0) is 14.8 Å². The molecule has 0 aliphatic carbocycles. The first-order valence-corrected chi connectivity index (χ1v) is 9.50. The molecule has 0 radical (unpaired) electrons. The molecule has 6 nitrogen and oxygen atoms in total. The molecule has 2 heterocycles. The largest absolute Gasteiger partial charge is 0.481 e. The number of hydrogen-bond acceptors (Lipinski definition) is 4. The first kappa shape index (κ1) is 16.7. The number of rotatable bonds is 7. The molecule has 0 aromatic rings. The number of hydrogen-bond donors (Lipinski definition) is 1. The standard InChI is InChI=1S/C14H26N2O4S/c17-14(18)4-3-11-21(19,20)16-9-5-13(6-10-16)12-15-7-1-2-8-15/h13H,1-12H2,(H,17,18). The van der Waals surface area contributed by atoms with Crippen LogP contribution < -0.4 is 0 Å². The van der Waals surface area contributed by atoms with Crippen LogP contribution in [0.15, 0.2) is 0 Å². The average Bonchev–Trinajstić information content (AvgIpc) is 2.91. The van der Waals surface area contributed by atoms with E-state index in [1.807, 2.05) is 0 Å². The van der Waals surface area contributed by atoms with Gasteiger partial charge in [0.25, 0.3) is 0 Å². The summed E-state index contributed by atoms with van der Waals surface area (Å²) < 4.78 is 25.8. The summed E-state index contributed by atoms with van der Waals surface area (Å²) in [6, 6.07) is 0. The lowest BCUT2D eigenvalue weighted by Gasteiger charge is -2.33. The molecule has 122 valence electrons. The molecule has 0 saturated carbocycles. The second-order valence-electron chi connectivity index (χ2n) is 6.16. The van der Waals surface area contributed by atoms with E-state index < -0.39 is 16.0 Å². The van der Waals surface area contributed by atoms with Crippen molar-refractivity contribution >= 4 is 16.0 Å². The number of nitrogens with zero attached hydrogens (tertiary/aromatic N) is 2. The van der Waals surface area contributed by atoms with Crippen molar-refractivity contribution in [2.24, 2.45) is 5.92 Å². The number of aliphatic carboxylic acids is 1. The molecule has 2 rings (SSSR count). The Morgan fingerprint density at radius 1 is 1.10 bits per heavy atom. The lowest BCUT2D eigenvalue weighted by atomic mass is 9.98. The predicted molar refractivity (Wildman–Crippen MR) is 80.6 cm³/mol. The van der Waals surface area contributed by atoms with Gasteiger partial charge in [-0.1, -0.05) is 0 Å². The topological polar surface area (TPSA) is 77.9 Å². The Labute approximate surface area is 127 Å². The minimum Gasteiger partial charge on any atom is -0.481 e. The van der Waals surface area contributed by atoms with E-state index in [4.69, 9.17) is 5.11 Å². The third-order valence-electron chi connectivity index (χ3n) is 4.47. The van der Waals surface area contributed by atoms with Crippen LogP contribution in [0.1, 0.15) is 38.5 Å². The Balaban J connectivity index is 1.72. The van der Waals surface area contributed by atoms with Crippen molar-refractivity contribution in [2.45, 2.75) is 38.5 Å². The van der Waals surface area contributed by atoms with Crippen LogP contribution in [0.3, 0.4) is 0 Å². The van der Waals surface area contributed by atoms with E-state index in [0.717, 1.165) is 19.4 Å². The maximum absolute atomic E-state index is 12.1. The van der Waals surface area contributed by atoms with Crippen molar-refractivity contribution in [3.8, 4) is 0 Å². The maximum atomic E-state index is 12.1. The number of piperidine rings is 1. The summed E-state index contributed by atoms with van der Waals surface area (Å²) in [5, 5.41) is 8.58. The van der Waals surface area contributed by atoms with E-state index >= 15 is 0 Å². The fourth-order valence-corrected chi connectivity index (χ4v) is 4.77. The van der Waals surface area contributed by atoms with Gasteiger partial charge in [-0.3, -0.25) is 4.79 Å². The Bertz CT molecular complexity index is 438. The molecular weight excluding hydrogens is 292 g/mol. The molecule has 0 unspecified atom stereocenters. The normalized spacial score (nSPS) is 22.7. The number of carboxylic acid groups (broad SMARTS) is 1. The van der Waals surface area contributed by atoms with Gasteiger partial charge in [0.2, 0.25) is 10.0 Å². The summed E-state index contributed by atoms with van der Waals surface area (Å²) in [6.45, 7) is 4.66. The first-order valence-electron chi connectivity index (χ1n) is 7.89. The SMILES string of the molecule is O=C(O)CCCS(=O)(=O)N1CCC(CN2CCCC2)CC1. The van der Waals surface area contributed by atoms with Crippen molar-refractivity contribution < 1.29 is 18.3 Å². The molecule has 2 aliphatic heterocycles. The first-order chi connectivity index (χ1) is 9.97. The second kappa shape index (κ2) is 7.56. The molecule has 0 aromatic carbocycles. The van der Waals surface area contributed by atoms with E-state index in [9.17, 15) is 13.2 Å². The van der Waals surface area contributed by atoms with Crippen LogP contribution >= 0.6 is 0 Å². The third kappa shape index (κ3) is 5.23. The average molecular weight is 318 g/mol. The second-order valence-corrected chi connectivity index (χ2v) is 8.25. The molecule has 0 aromatic heterocycles. The minimum absolute atomic E-state index is 0.0455. The van der Waals surface area contributed by atoms with Gasteiger partial charge < -0.3 is 10.0 Å². The van der Waals surface area contributed by atoms with Crippen LogP contribution in [0.25, 0.3) is 0 Å².